The number of nitrogens with one attached hydrogen (secondary N) is 2. The summed E-state index contributed by atoms with van der Waals surface area (Å²) in [5.74, 6) is 1.75. The smallest absolute Gasteiger partial charge is 0.191 e. The third kappa shape index (κ3) is 9.61. The lowest BCUT2D eigenvalue weighted by atomic mass is 10.2. The molecule has 1 aromatic rings. The quantitative estimate of drug-likeness (QED) is 0.342. The maximum atomic E-state index is 5.73. The van der Waals surface area contributed by atoms with Gasteiger partial charge in [-0.1, -0.05) is 12.1 Å². The zero-order chi connectivity index (χ0) is 17.3. The van der Waals surface area contributed by atoms with Crippen LogP contribution < -0.4 is 15.4 Å². The Morgan fingerprint density at radius 2 is 2.00 bits per heavy atom. The van der Waals surface area contributed by atoms with Crippen molar-refractivity contribution in [2.45, 2.75) is 52.0 Å². The Labute approximate surface area is 168 Å². The number of benzene rings is 1. The highest BCUT2D eigenvalue weighted by molar-refractivity contribution is 14.0. The van der Waals surface area contributed by atoms with Crippen LogP contribution in [0.1, 0.15) is 40.2 Å². The van der Waals surface area contributed by atoms with Crippen LogP contribution in [0.25, 0.3) is 0 Å². The zero-order valence-electron chi connectivity index (χ0n) is 15.7. The molecular formula is C18H32IN3OS. The molecule has 0 aliphatic rings. The Kier molecular flexibility index (Phi) is 11.5. The Morgan fingerprint density at radius 1 is 1.29 bits per heavy atom. The van der Waals surface area contributed by atoms with Crippen LogP contribution >= 0.6 is 35.7 Å². The molecule has 0 heterocycles. The summed E-state index contributed by atoms with van der Waals surface area (Å²) in [4.78, 5) is 4.67. The lowest BCUT2D eigenvalue weighted by molar-refractivity contribution is 0.242. The van der Waals surface area contributed by atoms with E-state index in [2.05, 4.69) is 54.8 Å². The number of nitrogens with zero attached hydrogens (tertiary/aromatic N) is 1. The van der Waals surface area contributed by atoms with Crippen molar-refractivity contribution in [3.8, 4) is 5.75 Å². The van der Waals surface area contributed by atoms with Crippen molar-refractivity contribution in [3.05, 3.63) is 29.8 Å². The van der Waals surface area contributed by atoms with Crippen molar-refractivity contribution in [1.29, 1.82) is 0 Å². The van der Waals surface area contributed by atoms with Gasteiger partial charge in [-0.05, 0) is 58.6 Å². The number of aliphatic imine (C=N–C) groups is 1. The minimum absolute atomic E-state index is 0. The predicted molar refractivity (Wildman–Crippen MR) is 118 cm³/mol. The average Bonchev–Trinajstić information content (AvgIpc) is 2.50. The normalized spacial score (nSPS) is 11.9. The number of hydrogen-bond acceptors (Lipinski definition) is 3. The molecule has 0 aromatic heterocycles. The monoisotopic (exact) mass is 465 g/mol. The molecule has 1 aromatic carbocycles. The van der Waals surface area contributed by atoms with Gasteiger partial charge in [0.15, 0.2) is 5.96 Å². The maximum absolute atomic E-state index is 5.73. The standard InChI is InChI=1S/C18H31N3OS.HI/c1-7-19-17(21-13-18(4,5)23-6)20-12-15-9-8-10-16(11-15)22-14(2)3;/h8-11,14H,7,12-13H2,1-6H3,(H2,19,20,21);1H. The van der Waals surface area contributed by atoms with Crippen molar-refractivity contribution in [1.82, 2.24) is 10.6 Å². The zero-order valence-corrected chi connectivity index (χ0v) is 18.8. The fourth-order valence-corrected chi connectivity index (χ4v) is 2.09. The summed E-state index contributed by atoms with van der Waals surface area (Å²) in [7, 11) is 0. The Bertz CT molecular complexity index is 507. The van der Waals surface area contributed by atoms with Gasteiger partial charge in [0.05, 0.1) is 12.6 Å². The summed E-state index contributed by atoms with van der Waals surface area (Å²) in [6, 6.07) is 8.13. The molecule has 0 saturated carbocycles. The summed E-state index contributed by atoms with van der Waals surface area (Å²) in [6.45, 7) is 12.9. The lowest BCUT2D eigenvalue weighted by Gasteiger charge is -2.23. The molecule has 0 aliphatic carbocycles. The highest BCUT2D eigenvalue weighted by Gasteiger charge is 2.16. The summed E-state index contributed by atoms with van der Waals surface area (Å²) >= 11 is 1.85. The third-order valence-electron chi connectivity index (χ3n) is 3.27. The van der Waals surface area contributed by atoms with Gasteiger partial charge in [0.1, 0.15) is 5.75 Å². The van der Waals surface area contributed by atoms with Crippen LogP contribution in [0, 0.1) is 0 Å². The SMILES string of the molecule is CCNC(=NCc1cccc(OC(C)C)c1)NCC(C)(C)SC.I. The van der Waals surface area contributed by atoms with Crippen molar-refractivity contribution < 1.29 is 4.74 Å². The molecule has 0 spiro atoms. The molecule has 4 nitrogen and oxygen atoms in total. The van der Waals surface area contributed by atoms with Crippen LogP contribution in [-0.2, 0) is 6.54 Å². The first kappa shape index (κ1) is 23.4. The highest BCUT2D eigenvalue weighted by Crippen LogP contribution is 2.19. The van der Waals surface area contributed by atoms with E-state index < -0.39 is 0 Å². The van der Waals surface area contributed by atoms with E-state index in [4.69, 9.17) is 4.74 Å². The fraction of sp³-hybridized carbons (Fsp3) is 0.611. The second-order valence-electron chi connectivity index (χ2n) is 6.33. The van der Waals surface area contributed by atoms with Gasteiger partial charge in [-0.15, -0.1) is 24.0 Å². The fourth-order valence-electron chi connectivity index (χ4n) is 1.87. The minimum atomic E-state index is 0. The second kappa shape index (κ2) is 11.8. The first-order chi connectivity index (χ1) is 10.9. The van der Waals surface area contributed by atoms with Gasteiger partial charge < -0.3 is 15.4 Å². The minimum Gasteiger partial charge on any atom is -0.491 e. The Balaban J connectivity index is 0.00000529. The van der Waals surface area contributed by atoms with E-state index in [-0.39, 0.29) is 34.8 Å². The number of hydrogen-bond donors (Lipinski definition) is 2. The number of ether oxygens (including phenoxy) is 1. The maximum Gasteiger partial charge on any atom is 0.191 e. The van der Waals surface area contributed by atoms with Crippen LogP contribution in [0.3, 0.4) is 0 Å². The van der Waals surface area contributed by atoms with Gasteiger partial charge >= 0.3 is 0 Å². The number of guanidine groups is 1. The first-order valence-corrected chi connectivity index (χ1v) is 9.41. The largest absolute Gasteiger partial charge is 0.491 e. The van der Waals surface area contributed by atoms with Gasteiger partial charge in [-0.2, -0.15) is 11.8 Å². The van der Waals surface area contributed by atoms with Crippen molar-refractivity contribution >= 4 is 41.7 Å². The second-order valence-corrected chi connectivity index (χ2v) is 7.84. The molecule has 0 saturated heterocycles. The summed E-state index contributed by atoms with van der Waals surface area (Å²) in [6.07, 6.45) is 2.31. The first-order valence-electron chi connectivity index (χ1n) is 8.19. The molecule has 0 radical (unpaired) electrons. The summed E-state index contributed by atoms with van der Waals surface area (Å²) in [5, 5.41) is 6.71. The average molecular weight is 465 g/mol. The number of thioether (sulfide) groups is 1. The lowest BCUT2D eigenvalue weighted by Crippen LogP contribution is -2.43. The molecule has 0 unspecified atom stereocenters. The van der Waals surface area contributed by atoms with Gasteiger partial charge in [-0.3, -0.25) is 0 Å². The third-order valence-corrected chi connectivity index (χ3v) is 4.52. The molecule has 2 N–H and O–H groups in total. The molecule has 0 atom stereocenters. The van der Waals surface area contributed by atoms with E-state index in [0.717, 1.165) is 30.4 Å². The predicted octanol–water partition coefficient (Wildman–Crippen LogP) is 4.29. The van der Waals surface area contributed by atoms with Crippen LogP contribution in [0.4, 0.5) is 0 Å². The molecule has 0 fully saturated rings. The molecule has 0 amide bonds. The number of rotatable bonds is 8. The van der Waals surface area contributed by atoms with Crippen molar-refractivity contribution in [3.63, 3.8) is 0 Å². The van der Waals surface area contributed by atoms with Gasteiger partial charge in [0.25, 0.3) is 0 Å². The van der Waals surface area contributed by atoms with Crippen LogP contribution in [0.2, 0.25) is 0 Å². The molecular weight excluding hydrogens is 433 g/mol. The van der Waals surface area contributed by atoms with E-state index in [1.165, 1.54) is 0 Å². The molecule has 0 bridgehead atoms. The molecule has 24 heavy (non-hydrogen) atoms. The van der Waals surface area contributed by atoms with Gasteiger partial charge in [0.2, 0.25) is 0 Å². The van der Waals surface area contributed by atoms with E-state index in [9.17, 15) is 0 Å². The van der Waals surface area contributed by atoms with Crippen LogP contribution in [0.15, 0.2) is 29.3 Å². The molecule has 138 valence electrons. The molecule has 1 rings (SSSR count). The van der Waals surface area contributed by atoms with Crippen molar-refractivity contribution in [2.24, 2.45) is 4.99 Å². The highest BCUT2D eigenvalue weighted by atomic mass is 127. The van der Waals surface area contributed by atoms with Crippen LogP contribution in [-0.4, -0.2) is 36.2 Å². The van der Waals surface area contributed by atoms with Gasteiger partial charge in [0, 0.05) is 17.8 Å². The van der Waals surface area contributed by atoms with E-state index in [1.54, 1.807) is 0 Å². The van der Waals surface area contributed by atoms with E-state index >= 15 is 0 Å². The Hall–Kier alpha value is -0.630. The summed E-state index contributed by atoms with van der Waals surface area (Å²) < 4.78 is 5.92. The Morgan fingerprint density at radius 3 is 2.58 bits per heavy atom. The molecule has 0 aliphatic heterocycles. The topological polar surface area (TPSA) is 45.7 Å². The van der Waals surface area contributed by atoms with Crippen molar-refractivity contribution in [2.75, 3.05) is 19.3 Å². The molecule has 6 heteroatoms. The summed E-state index contributed by atoms with van der Waals surface area (Å²) in [5.41, 5.74) is 1.14. The van der Waals surface area contributed by atoms with E-state index in [0.29, 0.717) is 6.54 Å². The van der Waals surface area contributed by atoms with Crippen LogP contribution in [0.5, 0.6) is 5.75 Å². The van der Waals surface area contributed by atoms with E-state index in [1.807, 2.05) is 37.7 Å². The van der Waals surface area contributed by atoms with Gasteiger partial charge in [-0.25, -0.2) is 4.99 Å². The number of halogens is 1.